The third kappa shape index (κ3) is 3.88. The highest BCUT2D eigenvalue weighted by molar-refractivity contribution is 6.00. The van der Waals surface area contributed by atoms with Gasteiger partial charge in [-0.25, -0.2) is 4.39 Å². The van der Waals surface area contributed by atoms with Crippen molar-refractivity contribution in [1.29, 1.82) is 0 Å². The summed E-state index contributed by atoms with van der Waals surface area (Å²) in [5, 5.41) is 10.0. The summed E-state index contributed by atoms with van der Waals surface area (Å²) in [5.74, 6) is -0.539. The Morgan fingerprint density at radius 2 is 1.78 bits per heavy atom. The zero-order chi connectivity index (χ0) is 16.1. The van der Waals surface area contributed by atoms with Gasteiger partial charge in [-0.3, -0.25) is 10.1 Å². The number of anilines is 1. The molecule has 1 heterocycles. The van der Waals surface area contributed by atoms with Gasteiger partial charge < -0.3 is 4.42 Å². The zero-order valence-corrected chi connectivity index (χ0v) is 11.9. The molecule has 23 heavy (non-hydrogen) atoms. The number of nitrogens with zero attached hydrogens (tertiary/aromatic N) is 2. The maximum absolute atomic E-state index is 12.9. The molecule has 0 bridgehead atoms. The molecular formula is C17H12FN3O2. The monoisotopic (exact) mass is 309 g/mol. The number of hydrogen-bond acceptors (Lipinski definition) is 4. The number of nitrogens with one attached hydrogen (secondary N) is 1. The molecule has 6 heteroatoms. The second kappa shape index (κ2) is 6.65. The molecule has 3 rings (SSSR count). The Kier molecular flexibility index (Phi) is 4.24. The number of carbonyl (C=O) groups excluding carboxylic acids is 1. The Bertz CT molecular complexity index is 827. The second-order valence-corrected chi connectivity index (χ2v) is 4.65. The number of rotatable bonds is 4. The van der Waals surface area contributed by atoms with Gasteiger partial charge in [-0.05, 0) is 35.9 Å². The van der Waals surface area contributed by atoms with E-state index in [2.05, 4.69) is 15.5 Å². The maximum Gasteiger partial charge on any atom is 0.322 e. The van der Waals surface area contributed by atoms with Crippen LogP contribution in [0.15, 0.2) is 65.1 Å². The van der Waals surface area contributed by atoms with Crippen molar-refractivity contribution in [2.75, 3.05) is 5.32 Å². The summed E-state index contributed by atoms with van der Waals surface area (Å²) >= 11 is 0. The molecule has 0 radical (unpaired) electrons. The fraction of sp³-hybridized carbons (Fsp3) is 0. The van der Waals surface area contributed by atoms with E-state index in [-0.39, 0.29) is 23.6 Å². The Labute approximate surface area is 131 Å². The molecule has 1 aromatic heterocycles. The van der Waals surface area contributed by atoms with Crippen molar-refractivity contribution < 1.29 is 13.6 Å². The summed E-state index contributed by atoms with van der Waals surface area (Å²) in [6.07, 6.45) is 3.05. The van der Waals surface area contributed by atoms with E-state index in [4.69, 9.17) is 4.42 Å². The molecule has 0 fully saturated rings. The summed E-state index contributed by atoms with van der Waals surface area (Å²) in [4.78, 5) is 11.8. The highest BCUT2D eigenvalue weighted by atomic mass is 19.1. The van der Waals surface area contributed by atoms with Gasteiger partial charge in [0.25, 0.3) is 5.91 Å². The Hall–Kier alpha value is -3.28. The lowest BCUT2D eigenvalue weighted by Crippen LogP contribution is -2.07. The van der Waals surface area contributed by atoms with Crippen LogP contribution in [0.2, 0.25) is 0 Å². The summed E-state index contributed by atoms with van der Waals surface area (Å²) in [6, 6.07) is 15.0. The first-order chi connectivity index (χ1) is 11.2. The highest BCUT2D eigenvalue weighted by Gasteiger charge is 2.10. The van der Waals surface area contributed by atoms with Gasteiger partial charge in [0, 0.05) is 11.6 Å². The summed E-state index contributed by atoms with van der Waals surface area (Å²) in [5.41, 5.74) is 1.47. The van der Waals surface area contributed by atoms with Crippen LogP contribution in [0.5, 0.6) is 0 Å². The molecule has 2 aromatic carbocycles. The average molecular weight is 309 g/mol. The van der Waals surface area contributed by atoms with Crippen molar-refractivity contribution in [2.24, 2.45) is 0 Å². The number of amides is 1. The number of carbonyl (C=O) groups is 1. The molecule has 0 saturated carbocycles. The molecule has 0 spiro atoms. The lowest BCUT2D eigenvalue weighted by Gasteiger charge is -1.95. The van der Waals surface area contributed by atoms with E-state index in [0.29, 0.717) is 5.56 Å². The van der Waals surface area contributed by atoms with E-state index in [1.54, 1.807) is 6.08 Å². The highest BCUT2D eigenvalue weighted by Crippen LogP contribution is 2.19. The van der Waals surface area contributed by atoms with Crippen molar-refractivity contribution in [3.05, 3.63) is 72.1 Å². The lowest BCUT2D eigenvalue weighted by atomic mass is 10.2. The smallest absolute Gasteiger partial charge is 0.322 e. The van der Waals surface area contributed by atoms with Crippen LogP contribution in [-0.4, -0.2) is 16.1 Å². The van der Waals surface area contributed by atoms with E-state index >= 15 is 0 Å². The first-order valence-corrected chi connectivity index (χ1v) is 6.84. The number of aromatic nitrogens is 2. The van der Waals surface area contributed by atoms with Crippen LogP contribution in [0.4, 0.5) is 10.4 Å². The number of halogens is 1. The first kappa shape index (κ1) is 14.6. The second-order valence-electron chi connectivity index (χ2n) is 4.65. The Morgan fingerprint density at radius 1 is 1.04 bits per heavy atom. The normalized spacial score (nSPS) is 10.8. The van der Waals surface area contributed by atoms with Gasteiger partial charge in [-0.1, -0.05) is 35.4 Å². The summed E-state index contributed by atoms with van der Waals surface area (Å²) in [6.45, 7) is 0. The van der Waals surface area contributed by atoms with Crippen molar-refractivity contribution in [3.8, 4) is 11.5 Å². The predicted molar refractivity (Wildman–Crippen MR) is 83.8 cm³/mol. The molecule has 0 aliphatic heterocycles. The standard InChI is InChI=1S/C17H12FN3O2/c18-14-9-7-13(8-10-14)16-20-21-17(23-16)19-15(22)11-6-12-4-2-1-3-5-12/h1-11H,(H,19,21,22). The van der Waals surface area contributed by atoms with Crippen LogP contribution < -0.4 is 5.32 Å². The molecule has 0 aliphatic carbocycles. The van der Waals surface area contributed by atoms with Crippen LogP contribution in [0, 0.1) is 5.82 Å². The van der Waals surface area contributed by atoms with E-state index in [0.717, 1.165) is 5.56 Å². The fourth-order valence-electron chi connectivity index (χ4n) is 1.87. The Balaban J connectivity index is 1.66. The number of hydrogen-bond donors (Lipinski definition) is 1. The van der Waals surface area contributed by atoms with Crippen LogP contribution in [0.25, 0.3) is 17.5 Å². The average Bonchev–Trinajstić information content (AvgIpc) is 3.03. The van der Waals surface area contributed by atoms with Crippen LogP contribution >= 0.6 is 0 Å². The van der Waals surface area contributed by atoms with Crippen LogP contribution in [-0.2, 0) is 4.79 Å². The van der Waals surface area contributed by atoms with Crippen molar-refractivity contribution in [3.63, 3.8) is 0 Å². The van der Waals surface area contributed by atoms with E-state index in [1.165, 1.54) is 30.3 Å². The molecule has 0 unspecified atom stereocenters. The molecule has 3 aromatic rings. The minimum atomic E-state index is -0.386. The SMILES string of the molecule is O=C(C=Cc1ccccc1)Nc1nnc(-c2ccc(F)cc2)o1. The van der Waals surface area contributed by atoms with Crippen molar-refractivity contribution in [1.82, 2.24) is 10.2 Å². The van der Waals surface area contributed by atoms with Crippen LogP contribution in [0.1, 0.15) is 5.56 Å². The largest absolute Gasteiger partial charge is 0.403 e. The van der Waals surface area contributed by atoms with E-state index in [9.17, 15) is 9.18 Å². The van der Waals surface area contributed by atoms with Gasteiger partial charge in [0.05, 0.1) is 0 Å². The van der Waals surface area contributed by atoms with Gasteiger partial charge >= 0.3 is 6.01 Å². The minimum Gasteiger partial charge on any atom is -0.403 e. The lowest BCUT2D eigenvalue weighted by molar-refractivity contribution is -0.112. The third-order valence-electron chi connectivity index (χ3n) is 2.97. The predicted octanol–water partition coefficient (Wildman–Crippen LogP) is 3.53. The van der Waals surface area contributed by atoms with Gasteiger partial charge in [0.1, 0.15) is 5.82 Å². The molecular weight excluding hydrogens is 297 g/mol. The quantitative estimate of drug-likeness (QED) is 0.749. The zero-order valence-electron chi connectivity index (χ0n) is 11.9. The first-order valence-electron chi connectivity index (χ1n) is 6.84. The van der Waals surface area contributed by atoms with Gasteiger partial charge in [-0.2, -0.15) is 0 Å². The third-order valence-corrected chi connectivity index (χ3v) is 2.97. The molecule has 0 saturated heterocycles. The topological polar surface area (TPSA) is 68.0 Å². The fourth-order valence-corrected chi connectivity index (χ4v) is 1.87. The van der Waals surface area contributed by atoms with E-state index < -0.39 is 0 Å². The maximum atomic E-state index is 12.9. The van der Waals surface area contributed by atoms with E-state index in [1.807, 2.05) is 30.3 Å². The van der Waals surface area contributed by atoms with Crippen molar-refractivity contribution >= 4 is 18.0 Å². The molecule has 0 atom stereocenters. The molecule has 114 valence electrons. The summed E-state index contributed by atoms with van der Waals surface area (Å²) < 4.78 is 18.2. The summed E-state index contributed by atoms with van der Waals surface area (Å²) in [7, 11) is 0. The van der Waals surface area contributed by atoms with Gasteiger partial charge in [0.15, 0.2) is 0 Å². The van der Waals surface area contributed by atoms with Crippen molar-refractivity contribution in [2.45, 2.75) is 0 Å². The Morgan fingerprint density at radius 3 is 2.52 bits per heavy atom. The molecule has 1 amide bonds. The van der Waals surface area contributed by atoms with Gasteiger partial charge in [0.2, 0.25) is 5.89 Å². The molecule has 0 aliphatic rings. The van der Waals surface area contributed by atoms with Gasteiger partial charge in [-0.15, -0.1) is 5.10 Å². The molecule has 5 nitrogen and oxygen atoms in total. The van der Waals surface area contributed by atoms with Crippen LogP contribution in [0.3, 0.4) is 0 Å². The molecule has 1 N–H and O–H groups in total. The number of benzene rings is 2. The minimum absolute atomic E-state index is 0.0213.